The zero-order chi connectivity index (χ0) is 5.86. The summed E-state index contributed by atoms with van der Waals surface area (Å²) in [7, 11) is 0. The maximum absolute atomic E-state index is 9.61. The van der Waals surface area contributed by atoms with E-state index in [1.54, 1.807) is 0 Å². The lowest BCUT2D eigenvalue weighted by Gasteiger charge is -2.03. The lowest BCUT2D eigenvalue weighted by molar-refractivity contribution is -0.0593. The Balaban J connectivity index is 0. The first-order valence-electron chi connectivity index (χ1n) is 1.87. The van der Waals surface area contributed by atoms with Gasteiger partial charge < -0.3 is 5.11 Å². The molecule has 0 spiro atoms. The van der Waals surface area contributed by atoms with Crippen molar-refractivity contribution in [3.8, 4) is 0 Å². The highest BCUT2D eigenvalue weighted by atomic mass is 35.5. The van der Waals surface area contributed by atoms with E-state index >= 15 is 0 Å². The molecule has 0 aromatic rings. The Morgan fingerprint density at radius 1 is 1.75 bits per heavy atom. The third kappa shape index (κ3) is 3.70. The van der Waals surface area contributed by atoms with Crippen molar-refractivity contribution in [2.24, 2.45) is 0 Å². The summed E-state index contributed by atoms with van der Waals surface area (Å²) in [5, 5.41) is 16.2. The van der Waals surface area contributed by atoms with Gasteiger partial charge in [-0.05, 0) is 6.92 Å². The maximum atomic E-state index is 9.61. The van der Waals surface area contributed by atoms with Crippen molar-refractivity contribution >= 4 is 18.5 Å². The van der Waals surface area contributed by atoms with Crippen LogP contribution in [-0.4, -0.2) is 28.0 Å². The van der Waals surface area contributed by atoms with Crippen LogP contribution in [0.3, 0.4) is 0 Å². The minimum absolute atomic E-state index is 0. The Labute approximate surface area is 53.1 Å². The molecule has 0 aromatic heterocycles. The van der Waals surface area contributed by atoms with E-state index in [0.29, 0.717) is 0 Å². The molecule has 1 amide bonds. The number of hydrogen-bond acceptors (Lipinski definition) is 2. The molecule has 0 aromatic carbocycles. The van der Waals surface area contributed by atoms with Gasteiger partial charge in [-0.2, -0.15) is 5.06 Å². The van der Waals surface area contributed by atoms with E-state index in [-0.39, 0.29) is 24.0 Å². The van der Waals surface area contributed by atoms with Gasteiger partial charge in [-0.1, -0.05) is 0 Å². The Bertz CT molecular complexity index is 76.9. The number of nitrogens with zero attached hydrogens (tertiary/aromatic N) is 1. The minimum Gasteiger partial charge on any atom is -0.463 e. The molecule has 0 saturated heterocycles. The van der Waals surface area contributed by atoms with E-state index in [1.165, 1.54) is 6.92 Å². The predicted molar refractivity (Wildman–Crippen MR) is 29.4 cm³/mol. The van der Waals surface area contributed by atoms with Crippen molar-refractivity contribution in [1.29, 1.82) is 0 Å². The average Bonchev–Trinajstić information content (AvgIpc) is 1.65. The first-order valence-corrected chi connectivity index (χ1v) is 1.87. The number of hydroxylamine groups is 2. The van der Waals surface area contributed by atoms with Gasteiger partial charge in [0.2, 0.25) is 0 Å². The highest BCUT2D eigenvalue weighted by molar-refractivity contribution is 5.85. The zero-order valence-electron chi connectivity index (χ0n) is 4.37. The molecule has 0 radical (unpaired) electrons. The molecular formula is C3H8ClNO3. The van der Waals surface area contributed by atoms with Crippen molar-refractivity contribution in [3.05, 3.63) is 0 Å². The summed E-state index contributed by atoms with van der Waals surface area (Å²) in [6.07, 6.45) is -1.32. The summed E-state index contributed by atoms with van der Waals surface area (Å²) in [6.45, 7) is 1.64. The van der Waals surface area contributed by atoms with Crippen molar-refractivity contribution in [1.82, 2.24) is 5.06 Å². The van der Waals surface area contributed by atoms with Gasteiger partial charge in [-0.15, -0.1) is 12.4 Å². The maximum Gasteiger partial charge on any atom is 0.431 e. The molecule has 0 aliphatic heterocycles. The standard InChI is InChI=1S/C3H7NO3.ClH/c1-2-4(7)3(5)6;/h7H,2H2,1H3,(H,5,6);1H. The zero-order valence-corrected chi connectivity index (χ0v) is 5.18. The highest BCUT2D eigenvalue weighted by Crippen LogP contribution is 1.77. The van der Waals surface area contributed by atoms with Crippen LogP contribution in [0.5, 0.6) is 0 Å². The molecule has 2 N–H and O–H groups in total. The molecule has 0 heterocycles. The molecule has 0 aliphatic carbocycles. The van der Waals surface area contributed by atoms with Crippen LogP contribution in [0.4, 0.5) is 4.79 Å². The lowest BCUT2D eigenvalue weighted by Crippen LogP contribution is -2.24. The van der Waals surface area contributed by atoms with Gasteiger partial charge in [0.1, 0.15) is 0 Å². The molecule has 0 bridgehead atoms. The Hall–Kier alpha value is -0.480. The van der Waals surface area contributed by atoms with Gasteiger partial charge in [0.05, 0.1) is 0 Å². The van der Waals surface area contributed by atoms with E-state index in [1.807, 2.05) is 0 Å². The smallest absolute Gasteiger partial charge is 0.431 e. The quantitative estimate of drug-likeness (QED) is 0.419. The topological polar surface area (TPSA) is 60.8 Å². The third-order valence-corrected chi connectivity index (χ3v) is 0.520. The Morgan fingerprint density at radius 3 is 2.12 bits per heavy atom. The van der Waals surface area contributed by atoms with Crippen molar-refractivity contribution < 1.29 is 15.1 Å². The van der Waals surface area contributed by atoms with Crippen LogP contribution >= 0.6 is 12.4 Å². The average molecular weight is 142 g/mol. The molecule has 0 atom stereocenters. The first-order chi connectivity index (χ1) is 3.18. The molecule has 4 nitrogen and oxygen atoms in total. The van der Waals surface area contributed by atoms with E-state index in [2.05, 4.69) is 0 Å². The van der Waals surface area contributed by atoms with E-state index in [9.17, 15) is 4.79 Å². The Kier molecular flexibility index (Phi) is 6.13. The van der Waals surface area contributed by atoms with Crippen LogP contribution in [0.1, 0.15) is 6.92 Å². The monoisotopic (exact) mass is 141 g/mol. The number of hydrogen-bond donors (Lipinski definition) is 2. The van der Waals surface area contributed by atoms with Crippen LogP contribution in [0.25, 0.3) is 0 Å². The molecule has 5 heteroatoms. The number of amides is 1. The van der Waals surface area contributed by atoms with E-state index in [0.717, 1.165) is 0 Å². The summed E-state index contributed by atoms with van der Waals surface area (Å²) in [6, 6.07) is 0. The fourth-order valence-corrected chi connectivity index (χ4v) is 0.135. The van der Waals surface area contributed by atoms with Crippen LogP contribution in [0, 0.1) is 0 Å². The van der Waals surface area contributed by atoms with Gasteiger partial charge in [0.15, 0.2) is 0 Å². The second-order valence-electron chi connectivity index (χ2n) is 0.998. The first kappa shape index (κ1) is 10.5. The van der Waals surface area contributed by atoms with Crippen LogP contribution < -0.4 is 0 Å². The summed E-state index contributed by atoms with van der Waals surface area (Å²) in [5.41, 5.74) is 0. The van der Waals surface area contributed by atoms with E-state index in [4.69, 9.17) is 10.3 Å². The molecule has 0 fully saturated rings. The molecule has 0 aliphatic rings. The second kappa shape index (κ2) is 4.67. The molecule has 0 unspecified atom stereocenters. The van der Waals surface area contributed by atoms with Gasteiger partial charge in [0.25, 0.3) is 0 Å². The fraction of sp³-hybridized carbons (Fsp3) is 0.667. The van der Waals surface area contributed by atoms with Crippen molar-refractivity contribution in [2.45, 2.75) is 6.92 Å². The normalized spacial score (nSPS) is 7.25. The van der Waals surface area contributed by atoms with Gasteiger partial charge in [0, 0.05) is 6.54 Å². The largest absolute Gasteiger partial charge is 0.463 e. The molecule has 0 saturated carbocycles. The van der Waals surface area contributed by atoms with Crippen molar-refractivity contribution in [3.63, 3.8) is 0 Å². The number of halogens is 1. The number of carboxylic acid groups (broad SMARTS) is 1. The lowest BCUT2D eigenvalue weighted by atomic mass is 10.7. The SMILES string of the molecule is CCN(O)C(=O)O.Cl. The fourth-order valence-electron chi connectivity index (χ4n) is 0.135. The predicted octanol–water partition coefficient (Wildman–Crippen LogP) is 0.797. The Morgan fingerprint density at radius 2 is 2.12 bits per heavy atom. The van der Waals surface area contributed by atoms with E-state index < -0.39 is 6.09 Å². The van der Waals surface area contributed by atoms with Gasteiger partial charge in [-0.3, -0.25) is 5.21 Å². The van der Waals surface area contributed by atoms with Crippen molar-refractivity contribution in [2.75, 3.05) is 6.54 Å². The minimum atomic E-state index is -1.32. The number of rotatable bonds is 1. The molecule has 0 rings (SSSR count). The molecular weight excluding hydrogens is 133 g/mol. The van der Waals surface area contributed by atoms with Gasteiger partial charge in [-0.25, -0.2) is 4.79 Å². The van der Waals surface area contributed by atoms with Crippen LogP contribution in [0.2, 0.25) is 0 Å². The second-order valence-corrected chi connectivity index (χ2v) is 0.998. The summed E-state index contributed by atoms with van der Waals surface area (Å²) >= 11 is 0. The summed E-state index contributed by atoms with van der Waals surface area (Å²) < 4.78 is 0. The summed E-state index contributed by atoms with van der Waals surface area (Å²) in [5.74, 6) is 0. The molecule has 8 heavy (non-hydrogen) atoms. The third-order valence-electron chi connectivity index (χ3n) is 0.520. The van der Waals surface area contributed by atoms with Gasteiger partial charge >= 0.3 is 6.09 Å². The molecule has 50 valence electrons. The number of carbonyl (C=O) groups is 1. The highest BCUT2D eigenvalue weighted by Gasteiger charge is 2.00. The van der Waals surface area contributed by atoms with Crippen LogP contribution in [-0.2, 0) is 0 Å². The van der Waals surface area contributed by atoms with Crippen LogP contribution in [0.15, 0.2) is 0 Å². The summed E-state index contributed by atoms with van der Waals surface area (Å²) in [4.78, 5) is 9.61.